The largest absolute Gasteiger partial charge is 0.455 e. The van der Waals surface area contributed by atoms with E-state index < -0.39 is 0 Å². The first kappa shape index (κ1) is 30.0. The molecule has 0 bridgehead atoms. The third-order valence-electron chi connectivity index (χ3n) is 10.6. The molecule has 0 aliphatic heterocycles. The molecule has 0 unspecified atom stereocenters. The van der Waals surface area contributed by atoms with Crippen molar-refractivity contribution in [1.29, 1.82) is 0 Å². The standard InChI is InChI=1S/C50H31NOS/c1-2-11-35-29-37(20-19-32(35)9-1)33-21-25-39(26-22-33)51(45-16-8-17-46-49(45)43-27-23-34-10-3-4-14-41(34)50(43)52-46)40-13-7-12-36(30-40)38-24-28-48-44(31-38)42-15-5-6-18-47(42)53-48/h1-31H. The van der Waals surface area contributed by atoms with Crippen molar-refractivity contribution in [3.05, 3.63) is 188 Å². The second-order valence-electron chi connectivity index (χ2n) is 13.7. The Balaban J connectivity index is 1.10. The van der Waals surface area contributed by atoms with Crippen LogP contribution in [0.2, 0.25) is 0 Å². The normalized spacial score (nSPS) is 11.8. The van der Waals surface area contributed by atoms with Crippen molar-refractivity contribution in [2.45, 2.75) is 0 Å². The first-order valence-corrected chi connectivity index (χ1v) is 18.8. The summed E-state index contributed by atoms with van der Waals surface area (Å²) in [5.41, 5.74) is 9.79. The van der Waals surface area contributed by atoms with Crippen LogP contribution in [0, 0.1) is 0 Å². The van der Waals surface area contributed by atoms with Crippen LogP contribution in [0.1, 0.15) is 0 Å². The van der Waals surface area contributed by atoms with Gasteiger partial charge in [0.15, 0.2) is 0 Å². The zero-order valence-electron chi connectivity index (χ0n) is 28.7. The average molecular weight is 694 g/mol. The number of anilines is 3. The molecule has 0 saturated carbocycles. The summed E-state index contributed by atoms with van der Waals surface area (Å²) in [6.07, 6.45) is 0. The Morgan fingerprint density at radius 1 is 0.377 bits per heavy atom. The van der Waals surface area contributed by atoms with E-state index in [1.165, 1.54) is 58.6 Å². The summed E-state index contributed by atoms with van der Waals surface area (Å²) in [5, 5.41) is 9.61. The van der Waals surface area contributed by atoms with Gasteiger partial charge in [-0.1, -0.05) is 121 Å². The SMILES string of the molecule is c1cc(-c2ccc3sc4ccccc4c3c2)cc(N(c2ccc(-c3ccc4ccccc4c3)cc2)c2cccc3oc4c5ccccc5ccc4c23)c1. The highest BCUT2D eigenvalue weighted by atomic mass is 32.1. The van der Waals surface area contributed by atoms with Gasteiger partial charge in [0.1, 0.15) is 11.2 Å². The van der Waals surface area contributed by atoms with Crippen LogP contribution in [0.5, 0.6) is 0 Å². The summed E-state index contributed by atoms with van der Waals surface area (Å²) in [7, 11) is 0. The van der Waals surface area contributed by atoms with E-state index in [0.717, 1.165) is 44.4 Å². The van der Waals surface area contributed by atoms with E-state index in [1.54, 1.807) is 0 Å². The third-order valence-corrected chi connectivity index (χ3v) is 11.8. The minimum atomic E-state index is 0.873. The smallest absolute Gasteiger partial charge is 0.143 e. The molecule has 3 heteroatoms. The van der Waals surface area contributed by atoms with Gasteiger partial charge < -0.3 is 9.32 Å². The number of rotatable bonds is 5. The molecule has 0 N–H and O–H groups in total. The van der Waals surface area contributed by atoms with Gasteiger partial charge in [-0.05, 0) is 105 Å². The lowest BCUT2D eigenvalue weighted by molar-refractivity contribution is 0.672. The molecular weight excluding hydrogens is 663 g/mol. The van der Waals surface area contributed by atoms with E-state index in [9.17, 15) is 0 Å². The molecule has 0 saturated heterocycles. The lowest BCUT2D eigenvalue weighted by Gasteiger charge is -2.27. The summed E-state index contributed by atoms with van der Waals surface area (Å²) in [5.74, 6) is 0. The molecule has 0 atom stereocenters. The highest BCUT2D eigenvalue weighted by molar-refractivity contribution is 7.25. The molecule has 2 aromatic heterocycles. The predicted molar refractivity (Wildman–Crippen MR) is 227 cm³/mol. The Hall–Kier alpha value is -6.68. The van der Waals surface area contributed by atoms with Crippen molar-refractivity contribution in [2.24, 2.45) is 0 Å². The number of benzene rings is 9. The topological polar surface area (TPSA) is 16.4 Å². The number of nitrogens with zero attached hydrogens (tertiary/aromatic N) is 1. The number of hydrogen-bond acceptors (Lipinski definition) is 3. The molecule has 9 aromatic carbocycles. The molecule has 0 amide bonds. The summed E-state index contributed by atoms with van der Waals surface area (Å²) < 4.78 is 9.31. The van der Waals surface area contributed by atoms with Gasteiger partial charge in [0.2, 0.25) is 0 Å². The van der Waals surface area contributed by atoms with Gasteiger partial charge in [-0.15, -0.1) is 11.3 Å². The first-order chi connectivity index (χ1) is 26.2. The predicted octanol–water partition coefficient (Wildman–Crippen LogP) is 15.1. The van der Waals surface area contributed by atoms with Crippen LogP contribution in [0.25, 0.3) is 85.9 Å². The second kappa shape index (κ2) is 11.9. The summed E-state index contributed by atoms with van der Waals surface area (Å²) in [6, 6.07) is 68.1. The number of thiophene rings is 1. The maximum Gasteiger partial charge on any atom is 0.143 e. The Kier molecular flexibility index (Phi) is 6.76. The molecule has 11 aromatic rings. The van der Waals surface area contributed by atoms with Crippen molar-refractivity contribution < 1.29 is 4.42 Å². The van der Waals surface area contributed by atoms with Gasteiger partial charge in [0.05, 0.1) is 11.1 Å². The molecule has 53 heavy (non-hydrogen) atoms. The fourth-order valence-corrected chi connectivity index (χ4v) is 9.14. The summed E-state index contributed by atoms with van der Waals surface area (Å²) in [6.45, 7) is 0. The Morgan fingerprint density at radius 3 is 1.96 bits per heavy atom. The highest BCUT2D eigenvalue weighted by Crippen LogP contribution is 2.45. The fraction of sp³-hybridized carbons (Fsp3) is 0. The van der Waals surface area contributed by atoms with E-state index in [4.69, 9.17) is 4.42 Å². The van der Waals surface area contributed by atoms with E-state index >= 15 is 0 Å². The first-order valence-electron chi connectivity index (χ1n) is 18.0. The second-order valence-corrected chi connectivity index (χ2v) is 14.8. The minimum Gasteiger partial charge on any atom is -0.455 e. The molecule has 0 spiro atoms. The summed E-state index contributed by atoms with van der Waals surface area (Å²) >= 11 is 1.85. The Morgan fingerprint density at radius 2 is 1.06 bits per heavy atom. The van der Waals surface area contributed by atoms with Gasteiger partial charge in [0.25, 0.3) is 0 Å². The molecule has 0 radical (unpaired) electrons. The monoisotopic (exact) mass is 693 g/mol. The number of fused-ring (bicyclic) bond motifs is 9. The Bertz CT molecular complexity index is 3190. The minimum absolute atomic E-state index is 0.873. The molecule has 0 aliphatic rings. The van der Waals surface area contributed by atoms with Crippen LogP contribution >= 0.6 is 11.3 Å². The van der Waals surface area contributed by atoms with Crippen molar-refractivity contribution >= 4 is 92.1 Å². The Labute approximate surface area is 310 Å². The zero-order valence-corrected chi connectivity index (χ0v) is 29.5. The van der Waals surface area contributed by atoms with Crippen LogP contribution in [-0.2, 0) is 0 Å². The van der Waals surface area contributed by atoms with Crippen molar-refractivity contribution in [1.82, 2.24) is 0 Å². The van der Waals surface area contributed by atoms with Crippen LogP contribution in [0.15, 0.2) is 192 Å². The fourth-order valence-electron chi connectivity index (χ4n) is 8.05. The molecule has 0 fully saturated rings. The number of furan rings is 1. The van der Waals surface area contributed by atoms with Gasteiger partial charge in [-0.2, -0.15) is 0 Å². The van der Waals surface area contributed by atoms with Crippen LogP contribution in [0.4, 0.5) is 17.1 Å². The van der Waals surface area contributed by atoms with E-state index in [0.29, 0.717) is 0 Å². The zero-order chi connectivity index (χ0) is 34.9. The maximum absolute atomic E-state index is 6.68. The van der Waals surface area contributed by atoms with E-state index in [1.807, 2.05) is 11.3 Å². The van der Waals surface area contributed by atoms with Gasteiger partial charge in [-0.3, -0.25) is 0 Å². The van der Waals surface area contributed by atoms with Crippen molar-refractivity contribution in [3.8, 4) is 22.3 Å². The molecule has 0 aliphatic carbocycles. The van der Waals surface area contributed by atoms with E-state index in [-0.39, 0.29) is 0 Å². The third kappa shape index (κ3) is 4.93. The highest BCUT2D eigenvalue weighted by Gasteiger charge is 2.21. The van der Waals surface area contributed by atoms with Crippen LogP contribution in [-0.4, -0.2) is 0 Å². The molecule has 2 nitrogen and oxygen atoms in total. The van der Waals surface area contributed by atoms with Crippen LogP contribution in [0.3, 0.4) is 0 Å². The molecule has 248 valence electrons. The van der Waals surface area contributed by atoms with Gasteiger partial charge >= 0.3 is 0 Å². The average Bonchev–Trinajstić information content (AvgIpc) is 3.80. The van der Waals surface area contributed by atoms with Crippen LogP contribution < -0.4 is 4.90 Å². The van der Waals surface area contributed by atoms with Crippen molar-refractivity contribution in [2.75, 3.05) is 4.90 Å². The van der Waals surface area contributed by atoms with E-state index in [2.05, 4.69) is 193 Å². The lowest BCUT2D eigenvalue weighted by Crippen LogP contribution is -2.10. The van der Waals surface area contributed by atoms with Gasteiger partial charge in [0, 0.05) is 42.3 Å². The molecule has 11 rings (SSSR count). The number of hydrogen-bond donors (Lipinski definition) is 0. The van der Waals surface area contributed by atoms with Gasteiger partial charge in [-0.25, -0.2) is 0 Å². The van der Waals surface area contributed by atoms with Crippen molar-refractivity contribution in [3.63, 3.8) is 0 Å². The molecule has 2 heterocycles. The molecular formula is C50H31NOS. The maximum atomic E-state index is 6.68. The lowest BCUT2D eigenvalue weighted by atomic mass is 9.99. The summed E-state index contributed by atoms with van der Waals surface area (Å²) in [4.78, 5) is 2.39. The quantitative estimate of drug-likeness (QED) is 0.178.